The molecule has 4 aromatic rings. The lowest BCUT2D eigenvalue weighted by atomic mass is 10.1. The predicted molar refractivity (Wildman–Crippen MR) is 142 cm³/mol. The van der Waals surface area contributed by atoms with Crippen LogP contribution >= 0.6 is 15.9 Å². The second kappa shape index (κ2) is 9.33. The van der Waals surface area contributed by atoms with Crippen LogP contribution in [0.25, 0.3) is 22.0 Å². The molecule has 37 heavy (non-hydrogen) atoms. The minimum Gasteiger partial charge on any atom is -0.444 e. The number of carbonyl (C=O) groups is 2. The summed E-state index contributed by atoms with van der Waals surface area (Å²) in [5, 5.41) is 5.16. The molecule has 0 unspecified atom stereocenters. The van der Waals surface area contributed by atoms with Crippen LogP contribution in [0.15, 0.2) is 39.4 Å². The topological polar surface area (TPSA) is 133 Å². The maximum absolute atomic E-state index is 13.7. The summed E-state index contributed by atoms with van der Waals surface area (Å²) in [6.45, 7) is 6.52. The Morgan fingerprint density at radius 1 is 1.27 bits per heavy atom. The fraction of sp³-hybridized carbons (Fsp3) is 0.400. The van der Waals surface area contributed by atoms with Crippen LogP contribution in [-0.4, -0.2) is 62.4 Å². The molecule has 0 saturated carbocycles. The summed E-state index contributed by atoms with van der Waals surface area (Å²) in [6.07, 6.45) is 2.77. The Labute approximate surface area is 221 Å². The number of hydrogen-bond acceptors (Lipinski definition) is 8. The Morgan fingerprint density at radius 3 is 2.81 bits per heavy atom. The van der Waals surface area contributed by atoms with Crippen LogP contribution in [0.3, 0.4) is 0 Å². The second-order valence-electron chi connectivity index (χ2n) is 10.1. The second-order valence-corrected chi connectivity index (χ2v) is 11.0. The van der Waals surface area contributed by atoms with Gasteiger partial charge in [0, 0.05) is 30.8 Å². The molecule has 1 aromatic carbocycles. The summed E-state index contributed by atoms with van der Waals surface area (Å²) in [4.78, 5) is 38.0. The fourth-order valence-corrected chi connectivity index (χ4v) is 4.80. The molecule has 194 valence electrons. The fourth-order valence-electron chi connectivity index (χ4n) is 4.46. The third-order valence-corrected chi connectivity index (χ3v) is 6.67. The van der Waals surface area contributed by atoms with E-state index >= 15 is 0 Å². The quantitative estimate of drug-likeness (QED) is 0.373. The number of fused-ring (bicyclic) bond motifs is 2. The van der Waals surface area contributed by atoms with Gasteiger partial charge in [0.25, 0.3) is 5.91 Å². The number of hydrogen-bond donors (Lipinski definition) is 1. The van der Waals surface area contributed by atoms with E-state index in [9.17, 15) is 9.59 Å². The van der Waals surface area contributed by atoms with E-state index in [4.69, 9.17) is 20.0 Å². The molecule has 5 rings (SSSR count). The van der Waals surface area contributed by atoms with Gasteiger partial charge in [-0.05, 0) is 57.9 Å². The third kappa shape index (κ3) is 4.85. The maximum atomic E-state index is 13.7. The molecule has 2 amide bonds. The number of nitrogens with two attached hydrogens (primary N) is 1. The molecular weight excluding hydrogens is 542 g/mol. The van der Waals surface area contributed by atoms with Crippen molar-refractivity contribution in [1.82, 2.24) is 24.6 Å². The van der Waals surface area contributed by atoms with Crippen LogP contribution in [0.2, 0.25) is 0 Å². The number of oxazole rings is 1. The molecule has 1 fully saturated rings. The zero-order chi connectivity index (χ0) is 26.5. The van der Waals surface area contributed by atoms with Gasteiger partial charge in [-0.1, -0.05) is 15.9 Å². The molecule has 1 saturated heterocycles. The highest BCUT2D eigenvalue weighted by molar-refractivity contribution is 9.10. The molecule has 2 N–H and O–H groups in total. The van der Waals surface area contributed by atoms with Crippen LogP contribution < -0.4 is 10.6 Å². The van der Waals surface area contributed by atoms with E-state index in [1.54, 1.807) is 41.0 Å². The number of amides is 2. The highest BCUT2D eigenvalue weighted by atomic mass is 79.9. The number of carbonyl (C=O) groups excluding carboxylic acids is 2. The van der Waals surface area contributed by atoms with Gasteiger partial charge >= 0.3 is 12.1 Å². The molecule has 0 radical (unpaired) electrons. The summed E-state index contributed by atoms with van der Waals surface area (Å²) in [6, 6.07) is 7.18. The van der Waals surface area contributed by atoms with Gasteiger partial charge in [-0.2, -0.15) is 10.1 Å². The summed E-state index contributed by atoms with van der Waals surface area (Å²) in [5.74, 6) is -0.240. The summed E-state index contributed by atoms with van der Waals surface area (Å²) >= 11 is 3.41. The summed E-state index contributed by atoms with van der Waals surface area (Å²) in [7, 11) is 1.57. The first kappa shape index (κ1) is 25.0. The van der Waals surface area contributed by atoms with E-state index in [0.717, 1.165) is 17.3 Å². The number of ether oxygens (including phenoxy) is 1. The standard InChI is InChI=1S/C25H28BrN7O4/c1-25(2,3)37-24(35)32-11-5-6-15(13-32)33-17-9-10-28-21(27)19(17)20(30-33)22(34)31(4)23-29-16-8-7-14(26)12-18(16)36-23/h7-10,12,15H,5-6,11,13H2,1-4H3,(H2,27,28)/t15-/m1/s1. The van der Waals surface area contributed by atoms with Crippen molar-refractivity contribution in [3.63, 3.8) is 0 Å². The first-order valence-corrected chi connectivity index (χ1v) is 12.8. The molecule has 3 aromatic heterocycles. The minimum absolute atomic E-state index is 0.136. The van der Waals surface area contributed by atoms with Crippen molar-refractivity contribution >= 4 is 61.8 Å². The first-order chi connectivity index (χ1) is 17.5. The molecule has 1 aliphatic heterocycles. The first-order valence-electron chi connectivity index (χ1n) is 12.0. The van der Waals surface area contributed by atoms with Crippen LogP contribution in [-0.2, 0) is 4.74 Å². The number of rotatable bonds is 3. The van der Waals surface area contributed by atoms with Gasteiger partial charge in [-0.25, -0.2) is 9.78 Å². The van der Waals surface area contributed by atoms with Crippen molar-refractivity contribution in [1.29, 1.82) is 0 Å². The van der Waals surface area contributed by atoms with Gasteiger partial charge in [-0.3, -0.25) is 14.4 Å². The molecule has 1 aliphatic rings. The SMILES string of the molecule is CN(C(=O)c1nn([C@@H]2CCCN(C(=O)OC(C)(C)C)C2)c2ccnc(N)c12)c1nc2ccc(Br)cc2o1. The number of anilines is 2. The maximum Gasteiger partial charge on any atom is 0.410 e. The molecule has 12 heteroatoms. The average Bonchev–Trinajstić information content (AvgIpc) is 3.44. The highest BCUT2D eigenvalue weighted by Gasteiger charge is 2.32. The lowest BCUT2D eigenvalue weighted by molar-refractivity contribution is 0.0169. The van der Waals surface area contributed by atoms with Crippen molar-refractivity contribution < 1.29 is 18.7 Å². The Kier molecular flexibility index (Phi) is 6.30. The Morgan fingerprint density at radius 2 is 2.05 bits per heavy atom. The molecule has 4 heterocycles. The van der Waals surface area contributed by atoms with Crippen molar-refractivity contribution in [3.8, 4) is 0 Å². The number of aromatic nitrogens is 4. The number of nitrogen functional groups attached to an aromatic ring is 1. The minimum atomic E-state index is -0.590. The van der Waals surface area contributed by atoms with E-state index in [-0.39, 0.29) is 29.7 Å². The Balaban J connectivity index is 1.49. The monoisotopic (exact) mass is 569 g/mol. The number of benzene rings is 1. The van der Waals surface area contributed by atoms with Crippen molar-refractivity contribution in [2.24, 2.45) is 0 Å². The highest BCUT2D eigenvalue weighted by Crippen LogP contribution is 2.32. The lowest BCUT2D eigenvalue weighted by Crippen LogP contribution is -2.43. The van der Waals surface area contributed by atoms with Crippen molar-refractivity contribution in [2.45, 2.75) is 45.3 Å². The summed E-state index contributed by atoms with van der Waals surface area (Å²) < 4.78 is 14.0. The van der Waals surface area contributed by atoms with Crippen LogP contribution in [0.1, 0.15) is 50.1 Å². The average molecular weight is 570 g/mol. The predicted octanol–water partition coefficient (Wildman–Crippen LogP) is 4.77. The van der Waals surface area contributed by atoms with Gasteiger partial charge in [0.05, 0.1) is 16.9 Å². The Hall–Kier alpha value is -3.67. The van der Waals surface area contributed by atoms with E-state index in [0.29, 0.717) is 35.1 Å². The molecule has 0 spiro atoms. The summed E-state index contributed by atoms with van der Waals surface area (Å²) in [5.41, 5.74) is 7.62. The van der Waals surface area contributed by atoms with E-state index in [2.05, 4.69) is 25.9 Å². The van der Waals surface area contributed by atoms with Gasteiger partial charge in [0.2, 0.25) is 0 Å². The number of pyridine rings is 1. The lowest BCUT2D eigenvalue weighted by Gasteiger charge is -2.34. The number of piperidine rings is 1. The van der Waals surface area contributed by atoms with E-state index in [1.807, 2.05) is 26.8 Å². The van der Waals surface area contributed by atoms with Crippen molar-refractivity contribution in [2.75, 3.05) is 30.8 Å². The zero-order valence-corrected chi connectivity index (χ0v) is 22.7. The smallest absolute Gasteiger partial charge is 0.410 e. The largest absolute Gasteiger partial charge is 0.444 e. The molecular formula is C25H28BrN7O4. The van der Waals surface area contributed by atoms with Crippen LogP contribution in [0, 0.1) is 0 Å². The third-order valence-electron chi connectivity index (χ3n) is 6.18. The zero-order valence-electron chi connectivity index (χ0n) is 21.1. The van der Waals surface area contributed by atoms with Crippen LogP contribution in [0.5, 0.6) is 0 Å². The van der Waals surface area contributed by atoms with Crippen molar-refractivity contribution in [3.05, 3.63) is 40.6 Å². The van der Waals surface area contributed by atoms with Gasteiger partial charge in [-0.15, -0.1) is 0 Å². The number of nitrogens with zero attached hydrogens (tertiary/aromatic N) is 6. The van der Waals surface area contributed by atoms with Gasteiger partial charge < -0.3 is 19.8 Å². The van der Waals surface area contributed by atoms with E-state index < -0.39 is 11.5 Å². The Bertz CT molecular complexity index is 1510. The van der Waals surface area contributed by atoms with Crippen LogP contribution in [0.4, 0.5) is 16.6 Å². The molecule has 1 atom stereocenters. The molecule has 0 aliphatic carbocycles. The molecule has 11 nitrogen and oxygen atoms in total. The van der Waals surface area contributed by atoms with Gasteiger partial charge in [0.1, 0.15) is 16.9 Å². The number of halogens is 1. The normalized spacial score (nSPS) is 16.4. The van der Waals surface area contributed by atoms with Gasteiger partial charge in [0.15, 0.2) is 11.3 Å². The van der Waals surface area contributed by atoms with E-state index in [1.165, 1.54) is 4.90 Å². The number of likely N-dealkylation sites (tertiary alicyclic amines) is 1. The molecule has 0 bridgehead atoms.